The monoisotopic (exact) mass is 349 g/mol. The van der Waals surface area contributed by atoms with Crippen molar-refractivity contribution < 1.29 is 19.4 Å². The Kier molecular flexibility index (Phi) is 6.39. The molecule has 2 saturated heterocycles. The lowest BCUT2D eigenvalue weighted by molar-refractivity contribution is -0.140. The molecule has 7 heteroatoms. The van der Waals surface area contributed by atoms with Crippen molar-refractivity contribution in [2.45, 2.75) is 57.3 Å². The number of carboxylic acids is 1. The summed E-state index contributed by atoms with van der Waals surface area (Å²) in [7, 11) is 0. The summed E-state index contributed by atoms with van der Waals surface area (Å²) in [6.07, 6.45) is 1.74. The van der Waals surface area contributed by atoms with Gasteiger partial charge in [0, 0.05) is 25.6 Å². The van der Waals surface area contributed by atoms with E-state index in [1.54, 1.807) is 0 Å². The summed E-state index contributed by atoms with van der Waals surface area (Å²) in [4.78, 5) is 13.2. The number of nitrogens with zero attached hydrogens (tertiary/aromatic N) is 1. The van der Waals surface area contributed by atoms with E-state index in [4.69, 9.17) is 14.6 Å². The van der Waals surface area contributed by atoms with Gasteiger partial charge in [0.15, 0.2) is 6.23 Å². The Bertz CT molecular complexity index is 557. The number of likely N-dealkylation sites (tertiary alicyclic amines) is 1. The molecule has 4 atom stereocenters. The number of carboxylic acid groups (broad SMARTS) is 1. The van der Waals surface area contributed by atoms with E-state index in [1.165, 1.54) is 0 Å². The molecule has 2 aliphatic heterocycles. The van der Waals surface area contributed by atoms with Crippen molar-refractivity contribution in [1.29, 1.82) is 0 Å². The summed E-state index contributed by atoms with van der Waals surface area (Å²) in [5.41, 5.74) is 7.44. The summed E-state index contributed by atoms with van der Waals surface area (Å²) in [5, 5.41) is 9.00. The van der Waals surface area contributed by atoms with Crippen LogP contribution in [0.3, 0.4) is 0 Å². The van der Waals surface area contributed by atoms with Crippen molar-refractivity contribution in [1.82, 2.24) is 15.8 Å². The SMILES string of the molecule is CCO[C@@H]1C[C@@H](CCC(=O)O)N([C@H]2NNC2OCc2ccccc2)C1. The van der Waals surface area contributed by atoms with Crippen LogP contribution < -0.4 is 10.9 Å². The van der Waals surface area contributed by atoms with Crippen LogP contribution in [0.4, 0.5) is 0 Å². The van der Waals surface area contributed by atoms with Gasteiger partial charge in [0.05, 0.1) is 12.7 Å². The molecular weight excluding hydrogens is 322 g/mol. The zero-order chi connectivity index (χ0) is 17.6. The Morgan fingerprint density at radius 3 is 2.72 bits per heavy atom. The van der Waals surface area contributed by atoms with E-state index in [0.717, 1.165) is 18.5 Å². The molecule has 0 radical (unpaired) electrons. The largest absolute Gasteiger partial charge is 0.481 e. The van der Waals surface area contributed by atoms with Crippen molar-refractivity contribution in [3.63, 3.8) is 0 Å². The summed E-state index contributed by atoms with van der Waals surface area (Å²) >= 11 is 0. The lowest BCUT2D eigenvalue weighted by Gasteiger charge is -2.46. The minimum absolute atomic E-state index is 0.0352. The van der Waals surface area contributed by atoms with Gasteiger partial charge in [0.25, 0.3) is 0 Å². The zero-order valence-corrected chi connectivity index (χ0v) is 14.6. The maximum atomic E-state index is 10.9. The van der Waals surface area contributed by atoms with Gasteiger partial charge in [-0.05, 0) is 25.3 Å². The average molecular weight is 349 g/mol. The molecule has 0 amide bonds. The van der Waals surface area contributed by atoms with Crippen LogP contribution in [0.2, 0.25) is 0 Å². The summed E-state index contributed by atoms with van der Waals surface area (Å²) in [6.45, 7) is 4.00. The fourth-order valence-electron chi connectivity index (χ4n) is 3.54. The summed E-state index contributed by atoms with van der Waals surface area (Å²) in [6, 6.07) is 10.3. The van der Waals surface area contributed by atoms with Gasteiger partial charge in [0.1, 0.15) is 6.17 Å². The van der Waals surface area contributed by atoms with Gasteiger partial charge in [-0.2, -0.15) is 0 Å². The third kappa shape index (κ3) is 4.77. The van der Waals surface area contributed by atoms with Crippen LogP contribution in [0.1, 0.15) is 31.7 Å². The third-order valence-corrected chi connectivity index (χ3v) is 4.80. The Hall–Kier alpha value is -1.51. The van der Waals surface area contributed by atoms with E-state index in [2.05, 4.69) is 15.8 Å². The smallest absolute Gasteiger partial charge is 0.303 e. The van der Waals surface area contributed by atoms with Gasteiger partial charge < -0.3 is 14.6 Å². The maximum Gasteiger partial charge on any atom is 0.303 e. The van der Waals surface area contributed by atoms with E-state index in [0.29, 0.717) is 19.6 Å². The minimum atomic E-state index is -0.753. The summed E-state index contributed by atoms with van der Waals surface area (Å²) in [5.74, 6) is -0.753. The van der Waals surface area contributed by atoms with Gasteiger partial charge >= 0.3 is 5.97 Å². The molecule has 1 unspecified atom stereocenters. The molecule has 2 fully saturated rings. The van der Waals surface area contributed by atoms with E-state index in [9.17, 15) is 4.79 Å². The second-order valence-electron chi connectivity index (χ2n) is 6.55. The molecular formula is C18H27N3O4. The van der Waals surface area contributed by atoms with Gasteiger partial charge in [-0.15, -0.1) is 0 Å². The highest BCUT2D eigenvalue weighted by Gasteiger charge is 2.44. The summed E-state index contributed by atoms with van der Waals surface area (Å²) < 4.78 is 11.8. The highest BCUT2D eigenvalue weighted by Crippen LogP contribution is 2.28. The maximum absolute atomic E-state index is 10.9. The first-order chi connectivity index (χ1) is 12.2. The molecule has 2 heterocycles. The van der Waals surface area contributed by atoms with E-state index < -0.39 is 5.97 Å². The van der Waals surface area contributed by atoms with E-state index >= 15 is 0 Å². The standard InChI is InChI=1S/C18H27N3O4/c1-2-24-15-10-14(8-9-16(22)23)21(11-15)17-18(20-19-17)25-12-13-6-4-3-5-7-13/h3-7,14-15,17-20H,2,8-12H2,1H3,(H,22,23)/t14-,15-,17-,18?/m1/s1. The molecule has 3 N–H and O–H groups in total. The molecule has 3 rings (SSSR count). The fraction of sp³-hybridized carbons (Fsp3) is 0.611. The highest BCUT2D eigenvalue weighted by atomic mass is 16.5. The van der Waals surface area contributed by atoms with Gasteiger partial charge in [-0.3, -0.25) is 9.69 Å². The van der Waals surface area contributed by atoms with Gasteiger partial charge in [-0.25, -0.2) is 10.9 Å². The first-order valence-electron chi connectivity index (χ1n) is 8.93. The number of hydrazine groups is 1. The number of carbonyl (C=O) groups is 1. The average Bonchev–Trinajstić information content (AvgIpc) is 2.95. The molecule has 25 heavy (non-hydrogen) atoms. The number of benzene rings is 1. The van der Waals surface area contributed by atoms with E-state index in [-0.39, 0.29) is 31.0 Å². The first kappa shape index (κ1) is 18.3. The van der Waals surface area contributed by atoms with Crippen LogP contribution in [-0.4, -0.2) is 53.7 Å². The highest BCUT2D eigenvalue weighted by molar-refractivity contribution is 5.66. The Morgan fingerprint density at radius 2 is 2.08 bits per heavy atom. The van der Waals surface area contributed by atoms with Crippen molar-refractivity contribution in [2.24, 2.45) is 0 Å². The molecule has 0 saturated carbocycles. The van der Waals surface area contributed by atoms with Crippen molar-refractivity contribution in [3.8, 4) is 0 Å². The first-order valence-corrected chi connectivity index (χ1v) is 8.93. The Labute approximate surface area is 148 Å². The lowest BCUT2D eigenvalue weighted by Crippen LogP contribution is -2.74. The molecule has 2 aliphatic rings. The number of nitrogens with one attached hydrogen (secondary N) is 2. The molecule has 1 aromatic rings. The molecule has 138 valence electrons. The second-order valence-corrected chi connectivity index (χ2v) is 6.55. The van der Waals surface area contributed by atoms with Crippen LogP contribution in [0.15, 0.2) is 30.3 Å². The quantitative estimate of drug-likeness (QED) is 0.620. The third-order valence-electron chi connectivity index (χ3n) is 4.80. The number of ether oxygens (including phenoxy) is 2. The molecule has 0 aromatic heterocycles. The minimum Gasteiger partial charge on any atom is -0.481 e. The van der Waals surface area contributed by atoms with Crippen molar-refractivity contribution in [3.05, 3.63) is 35.9 Å². The second kappa shape index (κ2) is 8.73. The van der Waals surface area contributed by atoms with Crippen LogP contribution >= 0.6 is 0 Å². The number of rotatable bonds is 9. The Morgan fingerprint density at radius 1 is 1.28 bits per heavy atom. The zero-order valence-electron chi connectivity index (χ0n) is 14.6. The number of hydrogen-bond donors (Lipinski definition) is 3. The van der Waals surface area contributed by atoms with Gasteiger partial charge in [-0.1, -0.05) is 30.3 Å². The van der Waals surface area contributed by atoms with Crippen molar-refractivity contribution in [2.75, 3.05) is 13.2 Å². The van der Waals surface area contributed by atoms with Crippen LogP contribution in [-0.2, 0) is 20.9 Å². The lowest BCUT2D eigenvalue weighted by atomic mass is 10.1. The number of aliphatic carboxylic acids is 1. The number of hydrogen-bond acceptors (Lipinski definition) is 6. The van der Waals surface area contributed by atoms with Crippen LogP contribution in [0.25, 0.3) is 0 Å². The van der Waals surface area contributed by atoms with E-state index in [1.807, 2.05) is 37.3 Å². The topological polar surface area (TPSA) is 83.1 Å². The van der Waals surface area contributed by atoms with Crippen molar-refractivity contribution >= 4 is 5.97 Å². The molecule has 0 bridgehead atoms. The molecule has 7 nitrogen and oxygen atoms in total. The fourth-order valence-corrected chi connectivity index (χ4v) is 3.54. The predicted molar refractivity (Wildman–Crippen MR) is 92.5 cm³/mol. The molecule has 1 aromatic carbocycles. The Balaban J connectivity index is 1.56. The molecule has 0 aliphatic carbocycles. The van der Waals surface area contributed by atoms with Crippen LogP contribution in [0, 0.1) is 0 Å². The predicted octanol–water partition coefficient (Wildman–Crippen LogP) is 1.31. The van der Waals surface area contributed by atoms with Gasteiger partial charge in [0.2, 0.25) is 0 Å². The molecule has 0 spiro atoms. The normalized spacial score (nSPS) is 29.5. The van der Waals surface area contributed by atoms with Crippen LogP contribution in [0.5, 0.6) is 0 Å².